The van der Waals surface area contributed by atoms with E-state index >= 15 is 0 Å². The van der Waals surface area contributed by atoms with Gasteiger partial charge in [-0.15, -0.1) is 0 Å². The number of carbonyl (C=O) groups is 2. The van der Waals surface area contributed by atoms with E-state index in [1.807, 2.05) is 13.0 Å². The molecule has 0 aromatic heterocycles. The van der Waals surface area contributed by atoms with Crippen molar-refractivity contribution in [2.45, 2.75) is 20.3 Å². The molecular weight excluding hydrogens is 347 g/mol. The minimum absolute atomic E-state index is 0.147. The Bertz CT molecular complexity index is 762. The molecule has 4 nitrogen and oxygen atoms in total. The van der Waals surface area contributed by atoms with Crippen molar-refractivity contribution in [1.82, 2.24) is 0 Å². The van der Waals surface area contributed by atoms with E-state index in [9.17, 15) is 9.59 Å². The Hall–Kier alpha value is -2.04. The van der Waals surface area contributed by atoms with Gasteiger partial charge < -0.3 is 10.2 Å². The molecule has 126 valence electrons. The van der Waals surface area contributed by atoms with Crippen molar-refractivity contribution in [2.75, 3.05) is 16.8 Å². The Morgan fingerprint density at radius 3 is 2.50 bits per heavy atom. The molecule has 0 bridgehead atoms. The van der Waals surface area contributed by atoms with Crippen molar-refractivity contribution >= 4 is 46.4 Å². The SMILES string of the molecule is CC(=O)N(CCC(=O)Nc1ccccc1Cl)c1cc(Cl)ccc1C. The van der Waals surface area contributed by atoms with Crippen LogP contribution in [0, 0.1) is 6.92 Å². The third kappa shape index (κ3) is 4.73. The largest absolute Gasteiger partial charge is 0.325 e. The maximum absolute atomic E-state index is 12.1. The minimum Gasteiger partial charge on any atom is -0.325 e. The molecule has 0 fully saturated rings. The van der Waals surface area contributed by atoms with Crippen LogP contribution in [0.5, 0.6) is 0 Å². The fourth-order valence-electron chi connectivity index (χ4n) is 2.31. The second kappa shape index (κ2) is 8.18. The number of hydrogen-bond acceptors (Lipinski definition) is 2. The molecule has 24 heavy (non-hydrogen) atoms. The van der Waals surface area contributed by atoms with Crippen LogP contribution in [0.4, 0.5) is 11.4 Å². The first kappa shape index (κ1) is 18.3. The van der Waals surface area contributed by atoms with Gasteiger partial charge in [0.05, 0.1) is 10.7 Å². The standard InChI is InChI=1S/C18H18Cl2N2O2/c1-12-7-8-14(19)11-17(12)22(13(2)23)10-9-18(24)21-16-6-4-3-5-15(16)20/h3-8,11H,9-10H2,1-2H3,(H,21,24). The Kier molecular flexibility index (Phi) is 6.23. The number of anilines is 2. The number of para-hydroxylation sites is 1. The van der Waals surface area contributed by atoms with Crippen LogP contribution in [-0.2, 0) is 9.59 Å². The third-order valence-electron chi connectivity index (χ3n) is 3.55. The van der Waals surface area contributed by atoms with Crippen LogP contribution in [0.3, 0.4) is 0 Å². The van der Waals surface area contributed by atoms with Gasteiger partial charge >= 0.3 is 0 Å². The monoisotopic (exact) mass is 364 g/mol. The van der Waals surface area contributed by atoms with Crippen LogP contribution in [0.1, 0.15) is 18.9 Å². The lowest BCUT2D eigenvalue weighted by Crippen LogP contribution is -2.32. The van der Waals surface area contributed by atoms with E-state index in [1.54, 1.807) is 41.3 Å². The topological polar surface area (TPSA) is 49.4 Å². The Morgan fingerprint density at radius 2 is 1.83 bits per heavy atom. The molecule has 0 aliphatic rings. The predicted molar refractivity (Wildman–Crippen MR) is 98.9 cm³/mol. The summed E-state index contributed by atoms with van der Waals surface area (Å²) >= 11 is 12.0. The van der Waals surface area contributed by atoms with Crippen molar-refractivity contribution in [3.05, 3.63) is 58.1 Å². The molecule has 0 unspecified atom stereocenters. The molecule has 2 aromatic rings. The molecule has 2 amide bonds. The number of hydrogen-bond donors (Lipinski definition) is 1. The highest BCUT2D eigenvalue weighted by Gasteiger charge is 2.16. The lowest BCUT2D eigenvalue weighted by molar-refractivity contribution is -0.117. The number of halogens is 2. The zero-order valence-corrected chi connectivity index (χ0v) is 15.0. The first-order valence-electron chi connectivity index (χ1n) is 7.47. The van der Waals surface area contributed by atoms with Gasteiger partial charge in [-0.2, -0.15) is 0 Å². The average molecular weight is 365 g/mol. The van der Waals surface area contributed by atoms with E-state index < -0.39 is 0 Å². The Balaban J connectivity index is 2.07. The van der Waals surface area contributed by atoms with Gasteiger partial charge in [-0.3, -0.25) is 9.59 Å². The third-order valence-corrected chi connectivity index (χ3v) is 4.12. The van der Waals surface area contributed by atoms with Gasteiger partial charge in [0.15, 0.2) is 0 Å². The summed E-state index contributed by atoms with van der Waals surface area (Å²) in [4.78, 5) is 25.7. The number of nitrogens with zero attached hydrogens (tertiary/aromatic N) is 1. The van der Waals surface area contributed by atoms with Crippen LogP contribution in [0.15, 0.2) is 42.5 Å². The van der Waals surface area contributed by atoms with Crippen molar-refractivity contribution in [3.63, 3.8) is 0 Å². The molecule has 0 aliphatic heterocycles. The van der Waals surface area contributed by atoms with Gasteiger partial charge in [0.2, 0.25) is 11.8 Å². The number of nitrogens with one attached hydrogen (secondary N) is 1. The number of benzene rings is 2. The Morgan fingerprint density at radius 1 is 1.12 bits per heavy atom. The summed E-state index contributed by atoms with van der Waals surface area (Å²) < 4.78 is 0. The second-order valence-corrected chi connectivity index (χ2v) is 6.22. The molecule has 0 atom stereocenters. The molecule has 0 aliphatic carbocycles. The minimum atomic E-state index is -0.214. The van der Waals surface area contributed by atoms with Crippen LogP contribution in [-0.4, -0.2) is 18.4 Å². The molecule has 0 radical (unpaired) electrons. The van der Waals surface area contributed by atoms with E-state index in [1.165, 1.54) is 6.92 Å². The molecule has 0 spiro atoms. The molecular formula is C18H18Cl2N2O2. The van der Waals surface area contributed by atoms with Gasteiger partial charge in [0.25, 0.3) is 0 Å². The van der Waals surface area contributed by atoms with Gasteiger partial charge in [-0.25, -0.2) is 0 Å². The molecule has 0 heterocycles. The van der Waals surface area contributed by atoms with E-state index in [2.05, 4.69) is 5.32 Å². The van der Waals surface area contributed by atoms with Crippen molar-refractivity contribution in [3.8, 4) is 0 Å². The number of aryl methyl sites for hydroxylation is 1. The Labute approximate surface area is 151 Å². The zero-order chi connectivity index (χ0) is 17.7. The van der Waals surface area contributed by atoms with Crippen LogP contribution < -0.4 is 10.2 Å². The summed E-state index contributed by atoms with van der Waals surface area (Å²) in [5, 5.41) is 3.76. The molecule has 1 N–H and O–H groups in total. The smallest absolute Gasteiger partial charge is 0.226 e. The lowest BCUT2D eigenvalue weighted by Gasteiger charge is -2.23. The van der Waals surface area contributed by atoms with Crippen LogP contribution in [0.25, 0.3) is 0 Å². The molecule has 0 saturated heterocycles. The van der Waals surface area contributed by atoms with E-state index in [4.69, 9.17) is 23.2 Å². The zero-order valence-electron chi connectivity index (χ0n) is 13.5. The average Bonchev–Trinajstić information content (AvgIpc) is 2.52. The normalized spacial score (nSPS) is 10.3. The van der Waals surface area contributed by atoms with Gasteiger partial charge in [0.1, 0.15) is 0 Å². The quantitative estimate of drug-likeness (QED) is 0.836. The molecule has 6 heteroatoms. The summed E-state index contributed by atoms with van der Waals surface area (Å²) in [5.41, 5.74) is 2.18. The highest BCUT2D eigenvalue weighted by atomic mass is 35.5. The highest BCUT2D eigenvalue weighted by molar-refractivity contribution is 6.33. The number of rotatable bonds is 5. The molecule has 2 aromatic carbocycles. The van der Waals surface area contributed by atoms with E-state index in [0.717, 1.165) is 5.56 Å². The van der Waals surface area contributed by atoms with Crippen LogP contribution >= 0.6 is 23.2 Å². The highest BCUT2D eigenvalue weighted by Crippen LogP contribution is 2.25. The summed E-state index contributed by atoms with van der Waals surface area (Å²) in [6.07, 6.45) is 0.150. The van der Waals surface area contributed by atoms with Crippen molar-refractivity contribution in [2.24, 2.45) is 0 Å². The van der Waals surface area contributed by atoms with Gasteiger partial charge in [0, 0.05) is 30.6 Å². The van der Waals surface area contributed by atoms with Crippen LogP contribution in [0.2, 0.25) is 10.0 Å². The van der Waals surface area contributed by atoms with Crippen molar-refractivity contribution in [1.29, 1.82) is 0 Å². The first-order chi connectivity index (χ1) is 11.4. The van der Waals surface area contributed by atoms with Gasteiger partial charge in [-0.05, 0) is 36.8 Å². The van der Waals surface area contributed by atoms with Crippen molar-refractivity contribution < 1.29 is 9.59 Å². The van der Waals surface area contributed by atoms with E-state index in [-0.39, 0.29) is 24.8 Å². The fourth-order valence-corrected chi connectivity index (χ4v) is 2.66. The first-order valence-corrected chi connectivity index (χ1v) is 8.22. The van der Waals surface area contributed by atoms with Gasteiger partial charge in [-0.1, -0.05) is 41.4 Å². The predicted octanol–water partition coefficient (Wildman–Crippen LogP) is 4.68. The summed E-state index contributed by atoms with van der Waals surface area (Å²) in [7, 11) is 0. The summed E-state index contributed by atoms with van der Waals surface area (Å²) in [5.74, 6) is -0.361. The summed E-state index contributed by atoms with van der Waals surface area (Å²) in [6, 6.07) is 12.3. The maximum atomic E-state index is 12.1. The summed E-state index contributed by atoms with van der Waals surface area (Å²) in [6.45, 7) is 3.62. The molecule has 2 rings (SSSR count). The number of amides is 2. The fraction of sp³-hybridized carbons (Fsp3) is 0.222. The lowest BCUT2D eigenvalue weighted by atomic mass is 10.1. The van der Waals surface area contributed by atoms with E-state index in [0.29, 0.717) is 21.4 Å². The molecule has 0 saturated carbocycles. The maximum Gasteiger partial charge on any atom is 0.226 e. The second-order valence-electron chi connectivity index (χ2n) is 5.38. The number of carbonyl (C=O) groups excluding carboxylic acids is 2.